The second-order valence-corrected chi connectivity index (χ2v) is 6.31. The van der Waals surface area contributed by atoms with E-state index in [2.05, 4.69) is 47.1 Å². The zero-order valence-corrected chi connectivity index (χ0v) is 14.6. The van der Waals surface area contributed by atoms with Crippen LogP contribution in [0.15, 0.2) is 73.1 Å². The summed E-state index contributed by atoms with van der Waals surface area (Å²) in [5.74, 6) is 0. The van der Waals surface area contributed by atoms with Crippen LogP contribution in [0.2, 0.25) is 5.02 Å². The predicted molar refractivity (Wildman–Crippen MR) is 102 cm³/mol. The molecule has 0 N–H and O–H groups in total. The number of rotatable bonds is 6. The van der Waals surface area contributed by atoms with Gasteiger partial charge in [-0.15, -0.1) is 0 Å². The molecule has 122 valence electrons. The molecule has 0 saturated carbocycles. The highest BCUT2D eigenvalue weighted by Crippen LogP contribution is 2.31. The molecule has 0 atom stereocenters. The van der Waals surface area contributed by atoms with Gasteiger partial charge in [0.2, 0.25) is 0 Å². The van der Waals surface area contributed by atoms with E-state index >= 15 is 0 Å². The molecule has 24 heavy (non-hydrogen) atoms. The van der Waals surface area contributed by atoms with Gasteiger partial charge in [0.25, 0.3) is 0 Å². The first-order valence-corrected chi connectivity index (χ1v) is 8.59. The van der Waals surface area contributed by atoms with Gasteiger partial charge >= 0.3 is 0 Å². The smallest absolute Gasteiger partial charge is 0.0643 e. The summed E-state index contributed by atoms with van der Waals surface area (Å²) in [5, 5.41) is 0.768. The highest BCUT2D eigenvalue weighted by molar-refractivity contribution is 6.33. The Morgan fingerprint density at radius 1 is 0.958 bits per heavy atom. The molecule has 0 unspecified atom stereocenters. The van der Waals surface area contributed by atoms with Gasteiger partial charge in [0.15, 0.2) is 0 Å². The van der Waals surface area contributed by atoms with E-state index in [1.165, 1.54) is 11.1 Å². The number of aromatic nitrogens is 1. The number of aryl methyl sites for hydroxylation is 2. The van der Waals surface area contributed by atoms with Crippen LogP contribution in [0, 0.1) is 6.92 Å². The van der Waals surface area contributed by atoms with Crippen LogP contribution in [0.3, 0.4) is 0 Å². The second-order valence-electron chi connectivity index (χ2n) is 5.90. The van der Waals surface area contributed by atoms with Gasteiger partial charge in [-0.1, -0.05) is 53.6 Å². The van der Waals surface area contributed by atoms with Crippen LogP contribution in [0.1, 0.15) is 17.5 Å². The molecule has 0 bridgehead atoms. The third kappa shape index (κ3) is 4.15. The van der Waals surface area contributed by atoms with Gasteiger partial charge in [0.05, 0.1) is 10.7 Å². The maximum absolute atomic E-state index is 6.43. The van der Waals surface area contributed by atoms with Crippen molar-refractivity contribution in [2.24, 2.45) is 0 Å². The fourth-order valence-corrected chi connectivity index (χ4v) is 3.13. The lowest BCUT2D eigenvalue weighted by molar-refractivity contribution is 0.806. The maximum Gasteiger partial charge on any atom is 0.0643 e. The van der Waals surface area contributed by atoms with Crippen molar-refractivity contribution in [1.82, 2.24) is 4.98 Å². The lowest BCUT2D eigenvalue weighted by Gasteiger charge is -2.26. The van der Waals surface area contributed by atoms with E-state index in [9.17, 15) is 0 Å². The Morgan fingerprint density at radius 3 is 2.50 bits per heavy atom. The van der Waals surface area contributed by atoms with Crippen molar-refractivity contribution in [3.63, 3.8) is 0 Å². The summed E-state index contributed by atoms with van der Waals surface area (Å²) in [6, 6.07) is 20.7. The van der Waals surface area contributed by atoms with Gasteiger partial charge < -0.3 is 4.90 Å². The Hall–Kier alpha value is -2.32. The van der Waals surface area contributed by atoms with Crippen LogP contribution in [0.5, 0.6) is 0 Å². The molecule has 0 saturated heterocycles. The van der Waals surface area contributed by atoms with Gasteiger partial charge in [-0.05, 0) is 49.6 Å². The van der Waals surface area contributed by atoms with Crippen molar-refractivity contribution in [3.8, 4) is 0 Å². The average molecular weight is 337 g/mol. The molecular weight excluding hydrogens is 316 g/mol. The summed E-state index contributed by atoms with van der Waals surface area (Å²) in [7, 11) is 0. The van der Waals surface area contributed by atoms with Gasteiger partial charge in [0, 0.05) is 24.6 Å². The van der Waals surface area contributed by atoms with Crippen molar-refractivity contribution >= 4 is 23.0 Å². The minimum absolute atomic E-state index is 0.768. The van der Waals surface area contributed by atoms with E-state index in [0.717, 1.165) is 35.8 Å². The van der Waals surface area contributed by atoms with E-state index < -0.39 is 0 Å². The molecular formula is C21H21ClN2. The predicted octanol–water partition coefficient (Wildman–Crippen LogP) is 5.81. The summed E-state index contributed by atoms with van der Waals surface area (Å²) in [5.41, 5.74) is 4.84. The fourth-order valence-electron chi connectivity index (χ4n) is 2.89. The largest absolute Gasteiger partial charge is 0.340 e. The number of hydrogen-bond acceptors (Lipinski definition) is 2. The zero-order chi connectivity index (χ0) is 16.8. The number of halogens is 1. The first kappa shape index (κ1) is 16.5. The molecule has 0 aliphatic carbocycles. The van der Waals surface area contributed by atoms with E-state index in [1.54, 1.807) is 0 Å². The second kappa shape index (κ2) is 7.98. The summed E-state index contributed by atoms with van der Waals surface area (Å²) in [4.78, 5) is 6.39. The number of pyridine rings is 1. The van der Waals surface area contributed by atoms with Gasteiger partial charge in [-0.2, -0.15) is 0 Å². The number of benzene rings is 2. The summed E-state index contributed by atoms with van der Waals surface area (Å²) in [6.07, 6.45) is 5.74. The number of anilines is 2. The van der Waals surface area contributed by atoms with Crippen molar-refractivity contribution in [2.75, 3.05) is 11.4 Å². The number of hydrogen-bond donors (Lipinski definition) is 0. The molecule has 3 aromatic rings. The third-order valence-electron chi connectivity index (χ3n) is 4.05. The van der Waals surface area contributed by atoms with Crippen LogP contribution in [-0.4, -0.2) is 11.5 Å². The fraction of sp³-hybridized carbons (Fsp3) is 0.190. The Morgan fingerprint density at radius 2 is 1.75 bits per heavy atom. The Kier molecular flexibility index (Phi) is 5.50. The summed E-state index contributed by atoms with van der Waals surface area (Å²) in [6.45, 7) is 3.04. The van der Waals surface area contributed by atoms with Crippen molar-refractivity contribution < 1.29 is 0 Å². The molecule has 3 heteroatoms. The molecule has 0 aliphatic heterocycles. The van der Waals surface area contributed by atoms with Crippen LogP contribution in [-0.2, 0) is 6.42 Å². The molecule has 2 nitrogen and oxygen atoms in total. The highest BCUT2D eigenvalue weighted by atomic mass is 35.5. The SMILES string of the molecule is Cc1cccc(CCCN(c2ccncc2)c2ccccc2Cl)c1. The molecule has 1 heterocycles. The molecule has 0 fully saturated rings. The minimum Gasteiger partial charge on any atom is -0.340 e. The van der Waals surface area contributed by atoms with Crippen molar-refractivity contribution in [3.05, 3.63) is 89.2 Å². The average Bonchev–Trinajstić information content (AvgIpc) is 2.61. The van der Waals surface area contributed by atoms with Crippen LogP contribution in [0.4, 0.5) is 11.4 Å². The topological polar surface area (TPSA) is 16.1 Å². The molecule has 0 radical (unpaired) electrons. The monoisotopic (exact) mass is 336 g/mol. The number of para-hydroxylation sites is 1. The van der Waals surface area contributed by atoms with Gasteiger partial charge in [-0.3, -0.25) is 4.98 Å². The quantitative estimate of drug-likeness (QED) is 0.564. The molecule has 3 rings (SSSR count). The van der Waals surface area contributed by atoms with Crippen molar-refractivity contribution in [2.45, 2.75) is 19.8 Å². The third-order valence-corrected chi connectivity index (χ3v) is 4.37. The summed E-state index contributed by atoms with van der Waals surface area (Å²) < 4.78 is 0. The van der Waals surface area contributed by atoms with E-state index in [-0.39, 0.29) is 0 Å². The highest BCUT2D eigenvalue weighted by Gasteiger charge is 2.12. The normalized spacial score (nSPS) is 10.6. The molecule has 2 aromatic carbocycles. The van der Waals surface area contributed by atoms with E-state index in [4.69, 9.17) is 11.6 Å². The first-order valence-electron chi connectivity index (χ1n) is 8.22. The van der Waals surface area contributed by atoms with E-state index in [1.807, 2.05) is 42.7 Å². The Balaban J connectivity index is 1.77. The molecule has 0 amide bonds. The first-order chi connectivity index (χ1) is 11.7. The molecule has 0 aliphatic rings. The van der Waals surface area contributed by atoms with Crippen LogP contribution < -0.4 is 4.90 Å². The van der Waals surface area contributed by atoms with Gasteiger partial charge in [-0.25, -0.2) is 0 Å². The summed E-state index contributed by atoms with van der Waals surface area (Å²) >= 11 is 6.43. The zero-order valence-electron chi connectivity index (χ0n) is 13.8. The van der Waals surface area contributed by atoms with Gasteiger partial charge in [0.1, 0.15) is 0 Å². The Bertz CT molecular complexity index is 787. The van der Waals surface area contributed by atoms with Crippen LogP contribution in [0.25, 0.3) is 0 Å². The minimum atomic E-state index is 0.768. The maximum atomic E-state index is 6.43. The lowest BCUT2D eigenvalue weighted by Crippen LogP contribution is -2.19. The van der Waals surface area contributed by atoms with Crippen molar-refractivity contribution in [1.29, 1.82) is 0 Å². The lowest BCUT2D eigenvalue weighted by atomic mass is 10.1. The van der Waals surface area contributed by atoms with Crippen LogP contribution >= 0.6 is 11.6 Å². The molecule has 0 spiro atoms. The van der Waals surface area contributed by atoms with E-state index in [0.29, 0.717) is 0 Å². The number of nitrogens with zero attached hydrogens (tertiary/aromatic N) is 2. The molecule has 1 aromatic heterocycles. The Labute approximate surface area is 148 Å². The standard InChI is InChI=1S/C21H21ClN2/c1-17-6-4-7-18(16-17)8-5-15-24(19-11-13-23-14-12-19)21-10-3-2-9-20(21)22/h2-4,6-7,9-14,16H,5,8,15H2,1H3.